The maximum Gasteiger partial charge on any atom is 0.183 e. The number of Topliss-reactive ketones (excluding diaryl/α,β-unsaturated/α-hetero) is 1. The summed E-state index contributed by atoms with van der Waals surface area (Å²) >= 11 is 0. The number of ketones is 1. The van der Waals surface area contributed by atoms with E-state index in [1.54, 1.807) is 0 Å². The lowest BCUT2D eigenvalue weighted by Gasteiger charge is -2.13. The highest BCUT2D eigenvalue weighted by atomic mass is 16.6. The van der Waals surface area contributed by atoms with Crippen molar-refractivity contribution in [2.45, 2.75) is 45.3 Å². The highest BCUT2D eigenvalue weighted by Gasteiger charge is 2.48. The number of ether oxygens (including phenoxy) is 1. The van der Waals surface area contributed by atoms with Crippen LogP contribution >= 0.6 is 0 Å². The van der Waals surface area contributed by atoms with Crippen LogP contribution < -0.4 is 5.73 Å². The molecule has 0 bridgehead atoms. The Morgan fingerprint density at radius 3 is 2.46 bits per heavy atom. The fourth-order valence-corrected chi connectivity index (χ4v) is 1.29. The van der Waals surface area contributed by atoms with Gasteiger partial charge in [0.1, 0.15) is 5.60 Å². The monoisotopic (exact) mass is 185 g/mol. The lowest BCUT2D eigenvalue weighted by atomic mass is 9.95. The molecule has 3 nitrogen and oxygen atoms in total. The SMILES string of the molecule is CC(C)CCC(N)C(=O)C1(C)CO1. The molecule has 0 radical (unpaired) electrons. The lowest BCUT2D eigenvalue weighted by Crippen LogP contribution is -2.39. The summed E-state index contributed by atoms with van der Waals surface area (Å²) in [6.07, 6.45) is 1.78. The maximum atomic E-state index is 11.6. The van der Waals surface area contributed by atoms with Crippen LogP contribution in [0.15, 0.2) is 0 Å². The van der Waals surface area contributed by atoms with E-state index in [2.05, 4.69) is 13.8 Å². The Bertz CT molecular complexity index is 197. The summed E-state index contributed by atoms with van der Waals surface area (Å²) in [7, 11) is 0. The second kappa shape index (κ2) is 3.76. The molecule has 2 N–H and O–H groups in total. The molecule has 1 rings (SSSR count). The second-order valence-electron chi connectivity index (χ2n) is 4.46. The Kier molecular flexibility index (Phi) is 3.09. The Balaban J connectivity index is 2.30. The molecule has 2 unspecified atom stereocenters. The zero-order valence-electron chi connectivity index (χ0n) is 8.67. The van der Waals surface area contributed by atoms with Gasteiger partial charge in [-0.15, -0.1) is 0 Å². The number of nitrogens with two attached hydrogens (primary N) is 1. The number of hydrogen-bond acceptors (Lipinski definition) is 3. The van der Waals surface area contributed by atoms with E-state index in [0.717, 1.165) is 12.8 Å². The predicted octanol–water partition coefficient (Wildman–Crippen LogP) is 1.11. The average Bonchev–Trinajstić information content (AvgIpc) is 2.79. The Hall–Kier alpha value is -0.410. The molecule has 1 aliphatic rings. The molecule has 1 saturated heterocycles. The molecular formula is C10H19NO2. The van der Waals surface area contributed by atoms with Crippen molar-refractivity contribution in [2.75, 3.05) is 6.61 Å². The minimum atomic E-state index is -0.545. The van der Waals surface area contributed by atoms with E-state index in [0.29, 0.717) is 12.5 Å². The van der Waals surface area contributed by atoms with E-state index in [4.69, 9.17) is 10.5 Å². The van der Waals surface area contributed by atoms with Crippen LogP contribution in [0.3, 0.4) is 0 Å². The van der Waals surface area contributed by atoms with Crippen LogP contribution in [0.1, 0.15) is 33.6 Å². The van der Waals surface area contributed by atoms with Gasteiger partial charge in [-0.2, -0.15) is 0 Å². The number of carbonyl (C=O) groups excluding carboxylic acids is 1. The summed E-state index contributed by atoms with van der Waals surface area (Å²) in [6, 6.07) is -0.338. The van der Waals surface area contributed by atoms with Gasteiger partial charge in [0, 0.05) is 0 Å². The smallest absolute Gasteiger partial charge is 0.183 e. The molecule has 0 amide bonds. The number of hydrogen-bond donors (Lipinski definition) is 1. The molecule has 13 heavy (non-hydrogen) atoms. The van der Waals surface area contributed by atoms with E-state index in [-0.39, 0.29) is 11.8 Å². The van der Waals surface area contributed by atoms with Crippen molar-refractivity contribution in [1.82, 2.24) is 0 Å². The first-order chi connectivity index (χ1) is 5.96. The van der Waals surface area contributed by atoms with Gasteiger partial charge in [0.05, 0.1) is 12.6 Å². The first-order valence-corrected chi connectivity index (χ1v) is 4.89. The maximum absolute atomic E-state index is 11.6. The van der Waals surface area contributed by atoms with Gasteiger partial charge in [0.15, 0.2) is 5.78 Å². The lowest BCUT2D eigenvalue weighted by molar-refractivity contribution is -0.125. The van der Waals surface area contributed by atoms with E-state index in [9.17, 15) is 4.79 Å². The summed E-state index contributed by atoms with van der Waals surface area (Å²) in [4.78, 5) is 11.6. The zero-order chi connectivity index (χ0) is 10.1. The minimum absolute atomic E-state index is 0.0631. The van der Waals surface area contributed by atoms with Crippen molar-refractivity contribution in [3.8, 4) is 0 Å². The predicted molar refractivity (Wildman–Crippen MR) is 51.4 cm³/mol. The molecule has 1 heterocycles. The van der Waals surface area contributed by atoms with Gasteiger partial charge in [0.25, 0.3) is 0 Å². The largest absolute Gasteiger partial charge is 0.362 e. The molecule has 0 saturated carbocycles. The molecule has 1 aliphatic heterocycles. The second-order valence-corrected chi connectivity index (χ2v) is 4.46. The summed E-state index contributed by atoms with van der Waals surface area (Å²) in [5.74, 6) is 0.667. The summed E-state index contributed by atoms with van der Waals surface area (Å²) < 4.78 is 5.06. The topological polar surface area (TPSA) is 55.6 Å². The number of carbonyl (C=O) groups is 1. The van der Waals surface area contributed by atoms with Crippen LogP contribution in [-0.2, 0) is 9.53 Å². The third-order valence-electron chi connectivity index (χ3n) is 2.49. The van der Waals surface area contributed by atoms with Gasteiger partial charge in [0.2, 0.25) is 0 Å². The first kappa shape index (κ1) is 10.7. The van der Waals surface area contributed by atoms with Crippen LogP contribution in [0.2, 0.25) is 0 Å². The fraction of sp³-hybridized carbons (Fsp3) is 0.900. The third kappa shape index (κ3) is 2.78. The highest BCUT2D eigenvalue weighted by molar-refractivity contribution is 5.93. The van der Waals surface area contributed by atoms with Crippen LogP contribution in [0.5, 0.6) is 0 Å². The minimum Gasteiger partial charge on any atom is -0.362 e. The van der Waals surface area contributed by atoms with Crippen molar-refractivity contribution in [2.24, 2.45) is 11.7 Å². The molecule has 3 heteroatoms. The van der Waals surface area contributed by atoms with Crippen molar-refractivity contribution in [3.63, 3.8) is 0 Å². The van der Waals surface area contributed by atoms with E-state index >= 15 is 0 Å². The number of rotatable bonds is 5. The molecule has 1 fully saturated rings. The van der Waals surface area contributed by atoms with Crippen molar-refractivity contribution < 1.29 is 9.53 Å². The van der Waals surface area contributed by atoms with Crippen molar-refractivity contribution in [1.29, 1.82) is 0 Å². The Morgan fingerprint density at radius 1 is 1.54 bits per heavy atom. The highest BCUT2D eigenvalue weighted by Crippen LogP contribution is 2.28. The molecule has 0 aliphatic carbocycles. The van der Waals surface area contributed by atoms with E-state index in [1.807, 2.05) is 6.92 Å². The first-order valence-electron chi connectivity index (χ1n) is 4.89. The van der Waals surface area contributed by atoms with Crippen LogP contribution in [0.4, 0.5) is 0 Å². The third-order valence-corrected chi connectivity index (χ3v) is 2.49. The average molecular weight is 185 g/mol. The van der Waals surface area contributed by atoms with Gasteiger partial charge < -0.3 is 10.5 Å². The van der Waals surface area contributed by atoms with Crippen molar-refractivity contribution >= 4 is 5.78 Å². The van der Waals surface area contributed by atoms with E-state index in [1.165, 1.54) is 0 Å². The van der Waals surface area contributed by atoms with Crippen molar-refractivity contribution in [3.05, 3.63) is 0 Å². The number of epoxide rings is 1. The molecular weight excluding hydrogens is 166 g/mol. The van der Waals surface area contributed by atoms with Gasteiger partial charge in [-0.05, 0) is 25.7 Å². The van der Waals surface area contributed by atoms with Crippen LogP contribution in [0, 0.1) is 5.92 Å². The Morgan fingerprint density at radius 2 is 2.08 bits per heavy atom. The van der Waals surface area contributed by atoms with Crippen LogP contribution in [0.25, 0.3) is 0 Å². The Labute approximate surface area is 79.6 Å². The fourth-order valence-electron chi connectivity index (χ4n) is 1.29. The van der Waals surface area contributed by atoms with Crippen LogP contribution in [-0.4, -0.2) is 24.0 Å². The standard InChI is InChI=1S/C10H19NO2/c1-7(2)4-5-8(11)9(12)10(3)6-13-10/h7-8H,4-6,11H2,1-3H3. The van der Waals surface area contributed by atoms with E-state index < -0.39 is 5.60 Å². The molecule has 0 aromatic rings. The molecule has 76 valence electrons. The molecule has 0 spiro atoms. The van der Waals surface area contributed by atoms with Gasteiger partial charge >= 0.3 is 0 Å². The van der Waals surface area contributed by atoms with Gasteiger partial charge in [-0.25, -0.2) is 0 Å². The normalized spacial score (nSPS) is 29.0. The molecule has 2 atom stereocenters. The molecule has 0 aromatic carbocycles. The summed E-state index contributed by atoms with van der Waals surface area (Å²) in [5, 5.41) is 0. The zero-order valence-corrected chi connectivity index (χ0v) is 8.67. The van der Waals surface area contributed by atoms with Gasteiger partial charge in [-0.3, -0.25) is 4.79 Å². The molecule has 0 aromatic heterocycles. The summed E-state index contributed by atoms with van der Waals surface area (Å²) in [5.41, 5.74) is 5.22. The summed E-state index contributed by atoms with van der Waals surface area (Å²) in [6.45, 7) is 6.62. The van der Waals surface area contributed by atoms with Gasteiger partial charge in [-0.1, -0.05) is 13.8 Å². The quantitative estimate of drug-likeness (QED) is 0.653.